The Labute approximate surface area is 151 Å². The number of carbonyl (C=O) groups excluding carboxylic acids is 1. The molecule has 1 aromatic carbocycles. The molecule has 0 spiro atoms. The average Bonchev–Trinajstić information content (AvgIpc) is 2.83. The molecule has 0 fully saturated rings. The number of pyridine rings is 1. The van der Waals surface area contributed by atoms with Crippen molar-refractivity contribution in [2.24, 2.45) is 7.05 Å². The molecule has 2 heterocycles. The summed E-state index contributed by atoms with van der Waals surface area (Å²) < 4.78 is 7.18. The number of rotatable bonds is 4. The summed E-state index contributed by atoms with van der Waals surface area (Å²) in [5.41, 5.74) is 5.07. The van der Waals surface area contributed by atoms with Gasteiger partial charge in [0.1, 0.15) is 6.61 Å². The molecule has 0 unspecified atom stereocenters. The lowest BCUT2D eigenvalue weighted by Crippen LogP contribution is -2.10. The summed E-state index contributed by atoms with van der Waals surface area (Å²) in [4.78, 5) is 16.8. The second-order valence-corrected chi connectivity index (χ2v) is 6.50. The summed E-state index contributed by atoms with van der Waals surface area (Å²) in [5, 5.41) is 5.86. The molecule has 3 aromatic rings. The maximum Gasteiger partial charge on any atom is 0.310 e. The molecule has 130 valence electrons. The van der Waals surface area contributed by atoms with Crippen LogP contribution in [0.4, 0.5) is 0 Å². The lowest BCUT2D eigenvalue weighted by molar-refractivity contribution is -0.144. The van der Waals surface area contributed by atoms with Crippen molar-refractivity contribution in [1.82, 2.24) is 14.8 Å². The normalized spacial score (nSPS) is 11.1. The van der Waals surface area contributed by atoms with E-state index in [1.54, 1.807) is 4.68 Å². The molecule has 0 saturated heterocycles. The van der Waals surface area contributed by atoms with Crippen LogP contribution < -0.4 is 0 Å². The number of benzene rings is 1. The Morgan fingerprint density at radius 1 is 1.24 bits per heavy atom. The Kier molecular flexibility index (Phi) is 4.77. The van der Waals surface area contributed by atoms with Crippen molar-refractivity contribution in [2.75, 3.05) is 0 Å². The van der Waals surface area contributed by atoms with Gasteiger partial charge in [-0.05, 0) is 32.4 Å². The summed E-state index contributed by atoms with van der Waals surface area (Å²) in [6.45, 7) is 5.83. The zero-order chi connectivity index (χ0) is 18.1. The van der Waals surface area contributed by atoms with Gasteiger partial charge in [0.25, 0.3) is 0 Å². The SMILES string of the molecule is Cc1nn(C)c(C)c1CC(=O)OCc1nc2ccccc2c(C)c1Cl. The quantitative estimate of drug-likeness (QED) is 0.666. The van der Waals surface area contributed by atoms with Crippen LogP contribution >= 0.6 is 11.6 Å². The molecule has 0 aliphatic carbocycles. The van der Waals surface area contributed by atoms with Gasteiger partial charge < -0.3 is 4.74 Å². The van der Waals surface area contributed by atoms with Gasteiger partial charge in [-0.25, -0.2) is 4.98 Å². The minimum atomic E-state index is -0.317. The van der Waals surface area contributed by atoms with Gasteiger partial charge in [-0.2, -0.15) is 5.10 Å². The van der Waals surface area contributed by atoms with E-state index in [4.69, 9.17) is 16.3 Å². The number of hydrogen-bond acceptors (Lipinski definition) is 4. The highest BCUT2D eigenvalue weighted by Crippen LogP contribution is 2.27. The Hall–Kier alpha value is -2.40. The lowest BCUT2D eigenvalue weighted by atomic mass is 10.1. The van der Waals surface area contributed by atoms with E-state index < -0.39 is 0 Å². The fourth-order valence-electron chi connectivity index (χ4n) is 2.93. The number of esters is 1. The summed E-state index contributed by atoms with van der Waals surface area (Å²) in [5.74, 6) is -0.317. The molecule has 0 radical (unpaired) electrons. The summed E-state index contributed by atoms with van der Waals surface area (Å²) in [6, 6.07) is 7.78. The van der Waals surface area contributed by atoms with E-state index in [0.717, 1.165) is 33.4 Å². The van der Waals surface area contributed by atoms with Crippen LogP contribution in [0.3, 0.4) is 0 Å². The Bertz CT molecular complexity index is 963. The van der Waals surface area contributed by atoms with Crippen molar-refractivity contribution in [3.05, 3.63) is 57.5 Å². The predicted molar refractivity (Wildman–Crippen MR) is 97.7 cm³/mol. The summed E-state index contributed by atoms with van der Waals surface area (Å²) in [7, 11) is 1.86. The Morgan fingerprint density at radius 2 is 1.96 bits per heavy atom. The first kappa shape index (κ1) is 17.4. The Balaban J connectivity index is 1.76. The van der Waals surface area contributed by atoms with Gasteiger partial charge in [0.05, 0.1) is 28.3 Å². The molecule has 25 heavy (non-hydrogen) atoms. The highest BCUT2D eigenvalue weighted by molar-refractivity contribution is 6.32. The molecule has 0 atom stereocenters. The van der Waals surface area contributed by atoms with Crippen LogP contribution in [0, 0.1) is 20.8 Å². The average molecular weight is 358 g/mol. The number of para-hydroxylation sites is 1. The van der Waals surface area contributed by atoms with Crippen molar-refractivity contribution < 1.29 is 9.53 Å². The minimum Gasteiger partial charge on any atom is -0.459 e. The Morgan fingerprint density at radius 3 is 2.64 bits per heavy atom. The van der Waals surface area contributed by atoms with Crippen LogP contribution in [0.1, 0.15) is 28.2 Å². The third-order valence-electron chi connectivity index (χ3n) is 4.50. The van der Waals surface area contributed by atoms with E-state index >= 15 is 0 Å². The number of halogens is 1. The molecule has 5 nitrogen and oxygen atoms in total. The van der Waals surface area contributed by atoms with Crippen LogP contribution in [-0.2, 0) is 29.6 Å². The molecular weight excluding hydrogens is 338 g/mol. The molecule has 0 amide bonds. The highest BCUT2D eigenvalue weighted by Gasteiger charge is 2.16. The van der Waals surface area contributed by atoms with Crippen molar-refractivity contribution in [3.8, 4) is 0 Å². The first-order valence-corrected chi connectivity index (χ1v) is 8.44. The maximum absolute atomic E-state index is 12.2. The summed E-state index contributed by atoms with van der Waals surface area (Å²) in [6.07, 6.45) is 0.190. The standard InChI is InChI=1S/C19H20ClN3O2/c1-11-14-7-5-6-8-16(14)21-17(19(11)20)10-25-18(24)9-15-12(2)22-23(4)13(15)3/h5-8H,9-10H2,1-4H3. The molecule has 2 aromatic heterocycles. The molecule has 6 heteroatoms. The molecule has 0 aliphatic heterocycles. The minimum absolute atomic E-state index is 0.0572. The number of nitrogens with zero attached hydrogens (tertiary/aromatic N) is 3. The van der Waals surface area contributed by atoms with E-state index in [-0.39, 0.29) is 19.0 Å². The van der Waals surface area contributed by atoms with Crippen LogP contribution in [-0.4, -0.2) is 20.7 Å². The van der Waals surface area contributed by atoms with Crippen LogP contribution in [0.15, 0.2) is 24.3 Å². The molecule has 3 rings (SSSR count). The fraction of sp³-hybridized carbons (Fsp3) is 0.316. The van der Waals surface area contributed by atoms with Gasteiger partial charge in [-0.3, -0.25) is 9.48 Å². The van der Waals surface area contributed by atoms with E-state index in [2.05, 4.69) is 10.1 Å². The molecule has 0 bridgehead atoms. The number of hydrogen-bond donors (Lipinski definition) is 0. The van der Waals surface area contributed by atoms with Crippen LogP contribution in [0.2, 0.25) is 5.02 Å². The third-order valence-corrected chi connectivity index (χ3v) is 5.00. The van der Waals surface area contributed by atoms with Gasteiger partial charge in [0.2, 0.25) is 0 Å². The van der Waals surface area contributed by atoms with Crippen LogP contribution in [0.5, 0.6) is 0 Å². The van der Waals surface area contributed by atoms with Crippen molar-refractivity contribution in [1.29, 1.82) is 0 Å². The summed E-state index contributed by atoms with van der Waals surface area (Å²) >= 11 is 6.40. The monoisotopic (exact) mass is 357 g/mol. The smallest absolute Gasteiger partial charge is 0.310 e. The van der Waals surface area contributed by atoms with Gasteiger partial charge in [-0.15, -0.1) is 0 Å². The third kappa shape index (κ3) is 3.37. The van der Waals surface area contributed by atoms with E-state index in [1.165, 1.54) is 0 Å². The first-order chi connectivity index (χ1) is 11.9. The second-order valence-electron chi connectivity index (χ2n) is 6.13. The zero-order valence-corrected chi connectivity index (χ0v) is 15.5. The maximum atomic E-state index is 12.2. The van der Waals surface area contributed by atoms with Gasteiger partial charge in [0.15, 0.2) is 0 Å². The second kappa shape index (κ2) is 6.84. The number of aryl methyl sites for hydroxylation is 3. The molecule has 0 N–H and O–H groups in total. The van der Waals surface area contributed by atoms with Crippen molar-refractivity contribution >= 4 is 28.5 Å². The topological polar surface area (TPSA) is 57.0 Å². The van der Waals surface area contributed by atoms with E-state index in [0.29, 0.717) is 10.7 Å². The largest absolute Gasteiger partial charge is 0.459 e. The van der Waals surface area contributed by atoms with Gasteiger partial charge >= 0.3 is 5.97 Å². The molecular formula is C19H20ClN3O2. The van der Waals surface area contributed by atoms with Crippen LogP contribution in [0.25, 0.3) is 10.9 Å². The fourth-order valence-corrected chi connectivity index (χ4v) is 3.13. The van der Waals surface area contributed by atoms with Crippen molar-refractivity contribution in [3.63, 3.8) is 0 Å². The zero-order valence-electron chi connectivity index (χ0n) is 14.8. The number of ether oxygens (including phenoxy) is 1. The first-order valence-electron chi connectivity index (χ1n) is 8.07. The highest BCUT2D eigenvalue weighted by atomic mass is 35.5. The molecule has 0 saturated carbocycles. The lowest BCUT2D eigenvalue weighted by Gasteiger charge is -2.11. The number of fused-ring (bicyclic) bond motifs is 1. The van der Waals surface area contributed by atoms with E-state index in [9.17, 15) is 4.79 Å². The van der Waals surface area contributed by atoms with E-state index in [1.807, 2.05) is 52.1 Å². The van der Waals surface area contributed by atoms with Crippen molar-refractivity contribution in [2.45, 2.75) is 33.8 Å². The van der Waals surface area contributed by atoms with Gasteiger partial charge in [0, 0.05) is 23.7 Å². The predicted octanol–water partition coefficient (Wildman–Crippen LogP) is 3.83. The number of carbonyl (C=O) groups is 1. The molecule has 0 aliphatic rings. The van der Waals surface area contributed by atoms with Gasteiger partial charge in [-0.1, -0.05) is 29.8 Å². The number of aromatic nitrogens is 3.